The Morgan fingerprint density at radius 2 is 1.94 bits per heavy atom. The smallest absolute Gasteiger partial charge is 0.408 e. The molecule has 0 aromatic heterocycles. The average Bonchev–Trinajstić information content (AvgIpc) is 2.86. The van der Waals surface area contributed by atoms with E-state index in [1.165, 1.54) is 5.56 Å². The van der Waals surface area contributed by atoms with Crippen molar-refractivity contribution in [1.29, 1.82) is 0 Å². The van der Waals surface area contributed by atoms with E-state index < -0.39 is 18.3 Å². The largest absolute Gasteiger partial charge is 0.497 e. The summed E-state index contributed by atoms with van der Waals surface area (Å²) >= 11 is 3.40. The highest BCUT2D eigenvalue weighted by Gasteiger charge is 2.42. The summed E-state index contributed by atoms with van der Waals surface area (Å²) in [7, 11) is 1.57. The number of amides is 1. The SMILES string of the molecule is COc1cccc([C@@H]2Oc3ccc(Br)cc3C(=O)C2OC(=O)N[C@H]2CCCc3ccccc32)c1. The average molecular weight is 522 g/mol. The van der Waals surface area contributed by atoms with Crippen molar-refractivity contribution in [3.05, 3.63) is 93.5 Å². The van der Waals surface area contributed by atoms with Crippen LogP contribution in [0.3, 0.4) is 0 Å². The Bertz CT molecular complexity index is 1240. The van der Waals surface area contributed by atoms with Crippen LogP contribution in [0, 0.1) is 0 Å². The van der Waals surface area contributed by atoms with Gasteiger partial charge < -0.3 is 19.5 Å². The molecule has 2 aliphatic rings. The molecule has 1 heterocycles. The summed E-state index contributed by atoms with van der Waals surface area (Å²) < 4.78 is 18.1. The molecule has 0 fully saturated rings. The number of carbonyl (C=O) groups is 2. The van der Waals surface area contributed by atoms with E-state index in [2.05, 4.69) is 27.3 Å². The standard InChI is InChI=1S/C27H24BrNO5/c1-32-19-9-4-8-17(14-19)25-26(24(30)21-15-18(28)12-13-23(21)33-25)34-27(31)29-22-11-5-7-16-6-2-3-10-20(16)22/h2-4,6,8-10,12-15,22,25-26H,5,7,11H2,1H3,(H,29,31)/t22-,25-,26?/m0/s1. The fraction of sp³-hybridized carbons (Fsp3) is 0.259. The third-order valence-corrected chi connectivity index (χ3v) is 6.81. The normalized spacial score (nSPS) is 21.0. The molecule has 3 aromatic rings. The molecule has 1 N–H and O–H groups in total. The summed E-state index contributed by atoms with van der Waals surface area (Å²) in [5.74, 6) is 0.759. The van der Waals surface area contributed by atoms with E-state index in [-0.39, 0.29) is 11.8 Å². The maximum absolute atomic E-state index is 13.5. The van der Waals surface area contributed by atoms with Crippen LogP contribution in [0.25, 0.3) is 0 Å². The summed E-state index contributed by atoms with van der Waals surface area (Å²) in [5.41, 5.74) is 3.37. The molecule has 1 unspecified atom stereocenters. The van der Waals surface area contributed by atoms with Crippen LogP contribution in [0.2, 0.25) is 0 Å². The number of fused-ring (bicyclic) bond motifs is 2. The number of ether oxygens (including phenoxy) is 3. The lowest BCUT2D eigenvalue weighted by atomic mass is 9.88. The molecule has 174 valence electrons. The van der Waals surface area contributed by atoms with Gasteiger partial charge in [0.25, 0.3) is 0 Å². The number of rotatable bonds is 4. The summed E-state index contributed by atoms with van der Waals surface area (Å²) in [6, 6.07) is 20.4. The number of alkyl carbamates (subject to hydrolysis) is 1. The van der Waals surface area contributed by atoms with Crippen LogP contribution in [0.15, 0.2) is 71.2 Å². The number of nitrogens with one attached hydrogen (secondary N) is 1. The first-order valence-electron chi connectivity index (χ1n) is 11.2. The maximum Gasteiger partial charge on any atom is 0.408 e. The van der Waals surface area contributed by atoms with Gasteiger partial charge in [0.05, 0.1) is 18.7 Å². The first-order valence-corrected chi connectivity index (χ1v) is 12.0. The molecule has 0 bridgehead atoms. The molecule has 3 aromatic carbocycles. The van der Waals surface area contributed by atoms with Crippen molar-refractivity contribution < 1.29 is 23.8 Å². The Balaban J connectivity index is 1.43. The lowest BCUT2D eigenvalue weighted by Gasteiger charge is -2.33. The summed E-state index contributed by atoms with van der Waals surface area (Å²) in [5, 5.41) is 2.97. The quantitative estimate of drug-likeness (QED) is 0.459. The van der Waals surface area contributed by atoms with Crippen LogP contribution < -0.4 is 14.8 Å². The molecule has 1 amide bonds. The van der Waals surface area contributed by atoms with E-state index in [0.717, 1.165) is 29.3 Å². The van der Waals surface area contributed by atoms with E-state index in [0.29, 0.717) is 22.6 Å². The molecule has 7 heteroatoms. The fourth-order valence-corrected chi connectivity index (χ4v) is 5.02. The summed E-state index contributed by atoms with van der Waals surface area (Å²) in [6.07, 6.45) is 0.183. The first-order chi connectivity index (χ1) is 16.5. The minimum Gasteiger partial charge on any atom is -0.497 e. The van der Waals surface area contributed by atoms with Crippen molar-refractivity contribution in [2.24, 2.45) is 0 Å². The lowest BCUT2D eigenvalue weighted by Crippen LogP contribution is -2.43. The Hall–Kier alpha value is -3.32. The highest BCUT2D eigenvalue weighted by molar-refractivity contribution is 9.10. The Morgan fingerprint density at radius 3 is 2.79 bits per heavy atom. The minimum atomic E-state index is -1.15. The van der Waals surface area contributed by atoms with Crippen molar-refractivity contribution in [1.82, 2.24) is 5.32 Å². The highest BCUT2D eigenvalue weighted by atomic mass is 79.9. The molecular formula is C27H24BrNO5. The van der Waals surface area contributed by atoms with Crippen LogP contribution >= 0.6 is 15.9 Å². The number of Topliss-reactive ketones (excluding diaryl/α,β-unsaturated/α-hetero) is 1. The van der Waals surface area contributed by atoms with Gasteiger partial charge in [-0.1, -0.05) is 52.3 Å². The number of hydrogen-bond donors (Lipinski definition) is 1. The van der Waals surface area contributed by atoms with Gasteiger partial charge in [0.1, 0.15) is 11.5 Å². The van der Waals surface area contributed by atoms with Gasteiger partial charge in [-0.15, -0.1) is 0 Å². The third-order valence-electron chi connectivity index (χ3n) is 6.31. The molecule has 0 saturated carbocycles. The zero-order valence-corrected chi connectivity index (χ0v) is 20.2. The molecule has 0 spiro atoms. The first kappa shape index (κ1) is 22.5. The molecule has 0 saturated heterocycles. The minimum absolute atomic E-state index is 0.159. The summed E-state index contributed by atoms with van der Waals surface area (Å²) in [6.45, 7) is 0. The van der Waals surface area contributed by atoms with E-state index in [4.69, 9.17) is 14.2 Å². The highest BCUT2D eigenvalue weighted by Crippen LogP contribution is 2.39. The third kappa shape index (κ3) is 4.40. The van der Waals surface area contributed by atoms with Crippen LogP contribution in [0.4, 0.5) is 4.79 Å². The van der Waals surface area contributed by atoms with Gasteiger partial charge in [-0.3, -0.25) is 4.79 Å². The number of carbonyl (C=O) groups excluding carboxylic acids is 2. The van der Waals surface area contributed by atoms with E-state index >= 15 is 0 Å². The Kier molecular flexibility index (Phi) is 6.28. The van der Waals surface area contributed by atoms with Gasteiger partial charge in [0.15, 0.2) is 6.10 Å². The van der Waals surface area contributed by atoms with Crippen LogP contribution in [0.5, 0.6) is 11.5 Å². The van der Waals surface area contributed by atoms with Crippen LogP contribution in [0.1, 0.15) is 52.0 Å². The van der Waals surface area contributed by atoms with Gasteiger partial charge in [-0.05, 0) is 60.7 Å². The van der Waals surface area contributed by atoms with Gasteiger partial charge in [-0.2, -0.15) is 0 Å². The summed E-state index contributed by atoms with van der Waals surface area (Å²) in [4.78, 5) is 26.5. The maximum atomic E-state index is 13.5. The molecule has 1 aliphatic heterocycles. The van der Waals surface area contributed by atoms with Gasteiger partial charge in [0, 0.05) is 10.0 Å². The Labute approximate surface area is 206 Å². The van der Waals surface area contributed by atoms with E-state index in [1.54, 1.807) is 25.3 Å². The van der Waals surface area contributed by atoms with E-state index in [1.807, 2.05) is 42.5 Å². The number of benzene rings is 3. The second-order valence-corrected chi connectivity index (χ2v) is 9.35. The van der Waals surface area contributed by atoms with Crippen molar-refractivity contribution in [2.75, 3.05) is 7.11 Å². The zero-order chi connectivity index (χ0) is 23.7. The predicted octanol–water partition coefficient (Wildman–Crippen LogP) is 5.95. The van der Waals surface area contributed by atoms with E-state index in [9.17, 15) is 9.59 Å². The zero-order valence-electron chi connectivity index (χ0n) is 18.6. The number of aryl methyl sites for hydroxylation is 1. The van der Waals surface area contributed by atoms with Crippen LogP contribution in [-0.2, 0) is 11.2 Å². The topological polar surface area (TPSA) is 73.9 Å². The molecule has 34 heavy (non-hydrogen) atoms. The molecule has 6 nitrogen and oxygen atoms in total. The number of hydrogen-bond acceptors (Lipinski definition) is 5. The molecule has 0 radical (unpaired) electrons. The van der Waals surface area contributed by atoms with Crippen molar-refractivity contribution in [3.63, 3.8) is 0 Å². The van der Waals surface area contributed by atoms with Crippen molar-refractivity contribution in [3.8, 4) is 11.5 Å². The Morgan fingerprint density at radius 1 is 1.09 bits per heavy atom. The second kappa shape index (κ2) is 9.50. The number of ketones is 1. The van der Waals surface area contributed by atoms with Gasteiger partial charge in [-0.25, -0.2) is 4.79 Å². The fourth-order valence-electron chi connectivity index (χ4n) is 4.66. The van der Waals surface area contributed by atoms with Gasteiger partial charge in [0.2, 0.25) is 11.9 Å². The van der Waals surface area contributed by atoms with Gasteiger partial charge >= 0.3 is 6.09 Å². The van der Waals surface area contributed by atoms with Crippen molar-refractivity contribution in [2.45, 2.75) is 37.5 Å². The number of halogens is 1. The molecule has 1 aliphatic carbocycles. The van der Waals surface area contributed by atoms with Crippen LogP contribution in [-0.4, -0.2) is 25.1 Å². The second-order valence-electron chi connectivity index (χ2n) is 8.43. The molecule has 3 atom stereocenters. The number of methoxy groups -OCH3 is 1. The molecule has 5 rings (SSSR count). The predicted molar refractivity (Wildman–Crippen MR) is 130 cm³/mol. The monoisotopic (exact) mass is 521 g/mol. The lowest BCUT2D eigenvalue weighted by molar-refractivity contribution is 0.00799. The molecular weight excluding hydrogens is 498 g/mol. The van der Waals surface area contributed by atoms with Crippen molar-refractivity contribution >= 4 is 27.8 Å².